The van der Waals surface area contributed by atoms with Crippen molar-refractivity contribution in [2.45, 2.75) is 45.9 Å². The Morgan fingerprint density at radius 3 is 2.32 bits per heavy atom. The van der Waals surface area contributed by atoms with Crippen molar-refractivity contribution in [2.75, 3.05) is 33.2 Å². The first-order valence-corrected chi connectivity index (χ1v) is 14.2. The number of carbonyl (C=O) groups is 4. The Bertz CT molecular complexity index is 1290. The molecule has 10 heteroatoms. The van der Waals surface area contributed by atoms with Gasteiger partial charge in [0.15, 0.2) is 0 Å². The highest BCUT2D eigenvalue weighted by molar-refractivity contribution is 5.96. The second-order valence-corrected chi connectivity index (χ2v) is 12.4. The lowest BCUT2D eigenvalue weighted by Crippen LogP contribution is -2.65. The number of pyridine rings is 1. The maximum absolute atomic E-state index is 13.9. The SMILES string of the molecule is CNC(=O)[C@@H](NC(=O)[C@H]1CN(C(=O)c2cccnc2)CC12CN(C(=O)[C@H]1CC1(C)C)C2)[C@@H](C)OCc1ccccc1. The fourth-order valence-electron chi connectivity index (χ4n) is 6.16. The van der Waals surface area contributed by atoms with Crippen LogP contribution < -0.4 is 10.6 Å². The molecule has 2 aromatic rings. The number of hydrogen-bond donors (Lipinski definition) is 2. The van der Waals surface area contributed by atoms with E-state index in [0.717, 1.165) is 12.0 Å². The van der Waals surface area contributed by atoms with Crippen LogP contribution in [0, 0.1) is 22.7 Å². The van der Waals surface area contributed by atoms with E-state index in [-0.39, 0.29) is 41.5 Å². The van der Waals surface area contributed by atoms with Crippen molar-refractivity contribution in [3.05, 3.63) is 66.0 Å². The second-order valence-electron chi connectivity index (χ2n) is 12.4. The van der Waals surface area contributed by atoms with Crippen molar-refractivity contribution in [3.63, 3.8) is 0 Å². The fourth-order valence-corrected chi connectivity index (χ4v) is 6.16. The molecule has 3 aliphatic rings. The Kier molecular flexibility index (Phi) is 7.87. The number of amides is 4. The van der Waals surface area contributed by atoms with Crippen molar-refractivity contribution < 1.29 is 23.9 Å². The zero-order chi connectivity index (χ0) is 29.4. The molecule has 4 amide bonds. The molecule has 3 fully saturated rings. The summed E-state index contributed by atoms with van der Waals surface area (Å²) >= 11 is 0. The lowest BCUT2D eigenvalue weighted by molar-refractivity contribution is -0.152. The van der Waals surface area contributed by atoms with Crippen molar-refractivity contribution in [3.8, 4) is 0 Å². The van der Waals surface area contributed by atoms with Gasteiger partial charge in [0.1, 0.15) is 6.04 Å². The van der Waals surface area contributed by atoms with Gasteiger partial charge >= 0.3 is 0 Å². The molecular formula is C31H39N5O5. The van der Waals surface area contributed by atoms with E-state index in [2.05, 4.69) is 29.5 Å². The van der Waals surface area contributed by atoms with Crippen LogP contribution in [0.2, 0.25) is 0 Å². The van der Waals surface area contributed by atoms with Gasteiger partial charge in [-0.25, -0.2) is 0 Å². The number of likely N-dealkylation sites (N-methyl/N-ethyl adjacent to an activating group) is 1. The van der Waals surface area contributed by atoms with E-state index in [1.165, 1.54) is 13.2 Å². The summed E-state index contributed by atoms with van der Waals surface area (Å²) in [5, 5.41) is 5.56. The molecule has 41 heavy (non-hydrogen) atoms. The maximum atomic E-state index is 13.9. The van der Waals surface area contributed by atoms with Gasteiger partial charge in [-0.05, 0) is 36.5 Å². The highest BCUT2D eigenvalue weighted by atomic mass is 16.5. The van der Waals surface area contributed by atoms with Crippen molar-refractivity contribution >= 4 is 23.6 Å². The minimum atomic E-state index is -0.929. The van der Waals surface area contributed by atoms with E-state index < -0.39 is 23.5 Å². The largest absolute Gasteiger partial charge is 0.371 e. The van der Waals surface area contributed by atoms with Gasteiger partial charge < -0.3 is 25.2 Å². The molecule has 4 atom stereocenters. The van der Waals surface area contributed by atoms with Gasteiger partial charge in [0.2, 0.25) is 17.7 Å². The van der Waals surface area contributed by atoms with Gasteiger partial charge in [-0.15, -0.1) is 0 Å². The number of carbonyl (C=O) groups excluding carboxylic acids is 4. The number of nitrogens with one attached hydrogen (secondary N) is 2. The summed E-state index contributed by atoms with van der Waals surface area (Å²) in [4.78, 5) is 60.8. The average Bonchev–Trinajstić information content (AvgIpc) is 3.42. The van der Waals surface area contributed by atoms with Crippen LogP contribution in [0.1, 0.15) is 43.1 Å². The number of nitrogens with zero attached hydrogens (tertiary/aromatic N) is 3. The molecule has 2 aliphatic heterocycles. The third-order valence-electron chi connectivity index (χ3n) is 8.95. The van der Waals surface area contributed by atoms with Gasteiger partial charge in [0.05, 0.1) is 24.2 Å². The van der Waals surface area contributed by atoms with Crippen molar-refractivity contribution in [1.29, 1.82) is 0 Å². The van der Waals surface area contributed by atoms with E-state index in [9.17, 15) is 19.2 Å². The summed E-state index contributed by atoms with van der Waals surface area (Å²) in [6.45, 7) is 7.57. The van der Waals surface area contributed by atoms with Crippen LogP contribution in [0.15, 0.2) is 54.9 Å². The first-order valence-electron chi connectivity index (χ1n) is 14.2. The molecule has 10 nitrogen and oxygen atoms in total. The molecule has 2 N–H and O–H groups in total. The quantitative estimate of drug-likeness (QED) is 0.482. The number of aromatic nitrogens is 1. The molecule has 0 unspecified atom stereocenters. The topological polar surface area (TPSA) is 121 Å². The van der Waals surface area contributed by atoms with E-state index >= 15 is 0 Å². The van der Waals surface area contributed by atoms with E-state index in [0.29, 0.717) is 31.8 Å². The monoisotopic (exact) mass is 561 g/mol. The maximum Gasteiger partial charge on any atom is 0.255 e. The number of rotatable bonds is 9. The molecule has 1 aromatic heterocycles. The summed E-state index contributed by atoms with van der Waals surface area (Å²) in [5.41, 5.74) is 0.823. The minimum absolute atomic E-state index is 0.00176. The lowest BCUT2D eigenvalue weighted by atomic mass is 9.70. The molecule has 5 rings (SSSR count). The smallest absolute Gasteiger partial charge is 0.255 e. The summed E-state index contributed by atoms with van der Waals surface area (Å²) < 4.78 is 5.99. The van der Waals surface area contributed by atoms with E-state index in [1.807, 2.05) is 35.2 Å². The van der Waals surface area contributed by atoms with Gasteiger partial charge in [0, 0.05) is 57.0 Å². The van der Waals surface area contributed by atoms with Gasteiger partial charge in [-0.1, -0.05) is 44.2 Å². The number of hydrogen-bond acceptors (Lipinski definition) is 6. The Morgan fingerprint density at radius 2 is 1.71 bits per heavy atom. The van der Waals surface area contributed by atoms with Crippen LogP contribution in [0.4, 0.5) is 0 Å². The molecule has 1 aliphatic carbocycles. The lowest BCUT2D eigenvalue weighted by Gasteiger charge is -2.50. The Balaban J connectivity index is 1.32. The minimum Gasteiger partial charge on any atom is -0.371 e. The van der Waals surface area contributed by atoms with Gasteiger partial charge in [-0.2, -0.15) is 0 Å². The van der Waals surface area contributed by atoms with Gasteiger partial charge in [0.25, 0.3) is 5.91 Å². The number of ether oxygens (including phenoxy) is 1. The second kappa shape index (κ2) is 11.2. The summed E-state index contributed by atoms with van der Waals surface area (Å²) in [5.74, 6) is -1.37. The Labute approximate surface area is 240 Å². The first-order chi connectivity index (χ1) is 19.5. The molecule has 1 saturated carbocycles. The van der Waals surface area contributed by atoms with Crippen LogP contribution in [-0.2, 0) is 25.7 Å². The molecule has 1 spiro atoms. The van der Waals surface area contributed by atoms with Crippen LogP contribution in [0.25, 0.3) is 0 Å². The molecule has 0 bridgehead atoms. The third kappa shape index (κ3) is 5.84. The molecule has 0 radical (unpaired) electrons. The van der Waals surface area contributed by atoms with Crippen molar-refractivity contribution in [1.82, 2.24) is 25.4 Å². The van der Waals surface area contributed by atoms with Crippen LogP contribution >= 0.6 is 0 Å². The van der Waals surface area contributed by atoms with Crippen LogP contribution in [-0.4, -0.2) is 83.8 Å². The standard InChI is InChI=1S/C31H39N5O5/c1-20(41-16-21-9-6-5-7-10-21)25(27(38)32-4)34-26(37)24-15-35(28(39)22-11-8-12-33-14-22)17-31(24)18-36(19-31)29(40)23-13-30(23,2)3/h5-12,14,20,23-25H,13,15-19H2,1-4H3,(H,32,38)(H,34,37)/t20-,23-,24-,25+/m1/s1. The molecule has 218 valence electrons. The van der Waals surface area contributed by atoms with E-state index in [1.54, 1.807) is 30.2 Å². The van der Waals surface area contributed by atoms with E-state index in [4.69, 9.17) is 4.74 Å². The predicted molar refractivity (Wildman–Crippen MR) is 151 cm³/mol. The summed E-state index contributed by atoms with van der Waals surface area (Å²) in [7, 11) is 1.52. The zero-order valence-corrected chi connectivity index (χ0v) is 24.1. The average molecular weight is 562 g/mol. The molecular weight excluding hydrogens is 522 g/mol. The Hall–Kier alpha value is -3.79. The highest BCUT2D eigenvalue weighted by Crippen LogP contribution is 2.54. The molecule has 2 saturated heterocycles. The number of benzene rings is 1. The summed E-state index contributed by atoms with van der Waals surface area (Å²) in [6, 6.07) is 12.1. The van der Waals surface area contributed by atoms with Crippen LogP contribution in [0.3, 0.4) is 0 Å². The predicted octanol–water partition coefficient (Wildman–Crippen LogP) is 1.86. The number of likely N-dealkylation sites (tertiary alicyclic amines) is 2. The zero-order valence-electron chi connectivity index (χ0n) is 24.1. The molecule has 1 aromatic carbocycles. The Morgan fingerprint density at radius 1 is 1.02 bits per heavy atom. The fraction of sp³-hybridized carbons (Fsp3) is 0.516. The highest BCUT2D eigenvalue weighted by Gasteiger charge is 2.62. The van der Waals surface area contributed by atoms with Gasteiger partial charge in [-0.3, -0.25) is 24.2 Å². The first kappa shape index (κ1) is 28.7. The van der Waals surface area contributed by atoms with Crippen LogP contribution in [0.5, 0.6) is 0 Å². The normalized spacial score (nSPS) is 23.3. The summed E-state index contributed by atoms with van der Waals surface area (Å²) in [6.07, 6.45) is 3.37. The third-order valence-corrected chi connectivity index (χ3v) is 8.95. The molecule has 3 heterocycles. The van der Waals surface area contributed by atoms with Crippen molar-refractivity contribution in [2.24, 2.45) is 22.7 Å².